The molecule has 0 N–H and O–H groups in total. The molecule has 128 valence electrons. The Hall–Kier alpha value is -2.67. The normalized spacial score (nSPS) is 11.5. The number of carbonyl (C=O) groups is 1. The molecular weight excluding hydrogens is 351 g/mol. The van der Waals surface area contributed by atoms with E-state index >= 15 is 0 Å². The Bertz CT molecular complexity index is 958. The van der Waals surface area contributed by atoms with E-state index in [-0.39, 0.29) is 17.2 Å². The molecule has 0 unspecified atom stereocenters. The topological polar surface area (TPSA) is 39.1 Å². The summed E-state index contributed by atoms with van der Waals surface area (Å²) in [6, 6.07) is 14.5. The summed E-state index contributed by atoms with van der Waals surface area (Å²) in [6.07, 6.45) is -4.44. The zero-order chi connectivity index (χ0) is 18.0. The lowest BCUT2D eigenvalue weighted by atomic mass is 10.1. The number of halogens is 3. The van der Waals surface area contributed by atoms with E-state index in [0.717, 1.165) is 23.7 Å². The van der Waals surface area contributed by atoms with Crippen molar-refractivity contribution >= 4 is 17.3 Å². The van der Waals surface area contributed by atoms with Gasteiger partial charge in [0.05, 0.1) is 17.0 Å². The summed E-state index contributed by atoms with van der Waals surface area (Å²) >= 11 is 0.944. The molecule has 7 heteroatoms. The third kappa shape index (κ3) is 3.88. The van der Waals surface area contributed by atoms with Crippen LogP contribution in [0.1, 0.15) is 26.4 Å². The molecule has 0 amide bonds. The lowest BCUT2D eigenvalue weighted by Gasteiger charge is -2.08. The summed E-state index contributed by atoms with van der Waals surface area (Å²) < 4.78 is 39.6. The fraction of sp³-hybridized carbons (Fsp3) is 0.111. The smallest absolute Gasteiger partial charge is 0.288 e. The second-order valence-corrected chi connectivity index (χ2v) is 6.43. The van der Waals surface area contributed by atoms with Crippen LogP contribution in [-0.4, -0.2) is 9.74 Å². The molecule has 0 radical (unpaired) electrons. The number of alkyl halides is 3. The van der Waals surface area contributed by atoms with Crippen LogP contribution in [0.5, 0.6) is 0 Å². The fourth-order valence-corrected chi connectivity index (χ4v) is 3.28. The van der Waals surface area contributed by atoms with Gasteiger partial charge < -0.3 is 0 Å². The van der Waals surface area contributed by atoms with Gasteiger partial charge in [0.25, 0.3) is 5.56 Å². The van der Waals surface area contributed by atoms with Crippen LogP contribution in [0.25, 0.3) is 0 Å². The van der Waals surface area contributed by atoms with Crippen molar-refractivity contribution in [3.63, 3.8) is 0 Å². The lowest BCUT2D eigenvalue weighted by Crippen LogP contribution is -2.13. The summed E-state index contributed by atoms with van der Waals surface area (Å²) in [5.41, 5.74) is -0.385. The monoisotopic (exact) mass is 363 g/mol. The van der Waals surface area contributed by atoms with E-state index in [9.17, 15) is 22.8 Å². The van der Waals surface area contributed by atoms with Gasteiger partial charge in [0.2, 0.25) is 5.78 Å². The molecule has 0 saturated carbocycles. The summed E-state index contributed by atoms with van der Waals surface area (Å²) in [5.74, 6) is -0.287. The van der Waals surface area contributed by atoms with E-state index < -0.39 is 17.3 Å². The minimum Gasteiger partial charge on any atom is -0.288 e. The van der Waals surface area contributed by atoms with Crippen LogP contribution in [0.2, 0.25) is 0 Å². The van der Waals surface area contributed by atoms with Gasteiger partial charge in [-0.2, -0.15) is 13.2 Å². The average Bonchev–Trinajstić information content (AvgIpc) is 2.95. The molecule has 3 rings (SSSR count). The average molecular weight is 363 g/mol. The number of ketones is 1. The Labute approximate surface area is 145 Å². The highest BCUT2D eigenvalue weighted by molar-refractivity contribution is 7.08. The van der Waals surface area contributed by atoms with Crippen LogP contribution in [0.15, 0.2) is 65.5 Å². The molecule has 0 aliphatic carbocycles. The van der Waals surface area contributed by atoms with E-state index in [0.29, 0.717) is 11.1 Å². The minimum absolute atomic E-state index is 0.0184. The van der Waals surface area contributed by atoms with Gasteiger partial charge in [0.15, 0.2) is 0 Å². The van der Waals surface area contributed by atoms with Crippen LogP contribution < -0.4 is 5.56 Å². The maximum absolute atomic E-state index is 12.8. The second-order valence-electron chi connectivity index (χ2n) is 5.37. The van der Waals surface area contributed by atoms with E-state index in [1.54, 1.807) is 30.3 Å². The molecule has 0 fully saturated rings. The number of hydrogen-bond donors (Lipinski definition) is 0. The van der Waals surface area contributed by atoms with Gasteiger partial charge in [-0.05, 0) is 17.7 Å². The third-order valence-electron chi connectivity index (χ3n) is 3.55. The number of carbonyl (C=O) groups excluding carboxylic acids is 1. The fourth-order valence-electron chi connectivity index (χ4n) is 2.34. The molecule has 3 nitrogen and oxygen atoms in total. The van der Waals surface area contributed by atoms with Crippen LogP contribution in [-0.2, 0) is 12.7 Å². The van der Waals surface area contributed by atoms with Crippen molar-refractivity contribution in [1.29, 1.82) is 0 Å². The summed E-state index contributed by atoms with van der Waals surface area (Å²) in [4.78, 5) is 24.7. The van der Waals surface area contributed by atoms with Crippen molar-refractivity contribution in [2.75, 3.05) is 0 Å². The highest BCUT2D eigenvalue weighted by Gasteiger charge is 2.30. The second kappa shape index (κ2) is 6.68. The van der Waals surface area contributed by atoms with Crippen molar-refractivity contribution in [3.05, 3.63) is 92.6 Å². The molecular formula is C18H12F3NO2S. The standard InChI is InChI=1S/C18H12F3NO2S/c19-18(20,21)14-8-4-5-12(9-14)11-22-16(23)10-15(25-22)17(24)13-6-2-1-3-7-13/h1-10H,11H2. The molecule has 1 heterocycles. The highest BCUT2D eigenvalue weighted by atomic mass is 32.1. The van der Waals surface area contributed by atoms with Crippen molar-refractivity contribution in [3.8, 4) is 0 Å². The third-order valence-corrected chi connectivity index (χ3v) is 4.58. The quantitative estimate of drug-likeness (QED) is 0.652. The van der Waals surface area contributed by atoms with Crippen LogP contribution >= 0.6 is 11.5 Å². The van der Waals surface area contributed by atoms with Crippen molar-refractivity contribution in [2.24, 2.45) is 0 Å². The predicted octanol–water partition coefficient (Wildman–Crippen LogP) is 4.21. The Kier molecular flexibility index (Phi) is 4.59. The predicted molar refractivity (Wildman–Crippen MR) is 89.0 cm³/mol. The highest BCUT2D eigenvalue weighted by Crippen LogP contribution is 2.29. The van der Waals surface area contributed by atoms with Crippen molar-refractivity contribution in [2.45, 2.75) is 12.7 Å². The first-order valence-corrected chi connectivity index (χ1v) is 8.09. The first kappa shape index (κ1) is 17.2. The Balaban J connectivity index is 1.87. The zero-order valence-corrected chi connectivity index (χ0v) is 13.6. The van der Waals surface area contributed by atoms with Gasteiger partial charge in [-0.3, -0.25) is 13.5 Å². The lowest BCUT2D eigenvalue weighted by molar-refractivity contribution is -0.137. The van der Waals surface area contributed by atoms with Gasteiger partial charge >= 0.3 is 6.18 Å². The molecule has 0 saturated heterocycles. The SMILES string of the molecule is O=C(c1ccccc1)c1cc(=O)n(Cc2cccc(C(F)(F)F)c2)s1. The van der Waals surface area contributed by atoms with Crippen LogP contribution in [0.3, 0.4) is 0 Å². The molecule has 3 aromatic rings. The summed E-state index contributed by atoms with van der Waals surface area (Å²) in [5, 5.41) is 0. The first-order chi connectivity index (χ1) is 11.8. The molecule has 1 aromatic heterocycles. The van der Waals surface area contributed by atoms with E-state index in [1.165, 1.54) is 22.2 Å². The minimum atomic E-state index is -4.44. The number of nitrogens with zero attached hydrogens (tertiary/aromatic N) is 1. The summed E-state index contributed by atoms with van der Waals surface area (Å²) in [7, 11) is 0. The van der Waals surface area contributed by atoms with Gasteiger partial charge in [-0.1, -0.05) is 54.0 Å². The Morgan fingerprint density at radius 1 is 1.00 bits per heavy atom. The van der Waals surface area contributed by atoms with Crippen LogP contribution in [0, 0.1) is 0 Å². The van der Waals surface area contributed by atoms with E-state index in [4.69, 9.17) is 0 Å². The first-order valence-electron chi connectivity index (χ1n) is 7.31. The van der Waals surface area contributed by atoms with Gasteiger partial charge in [0, 0.05) is 11.6 Å². The number of aromatic nitrogens is 1. The van der Waals surface area contributed by atoms with Gasteiger partial charge in [-0.25, -0.2) is 0 Å². The summed E-state index contributed by atoms with van der Waals surface area (Å²) in [6.45, 7) is -0.0184. The zero-order valence-electron chi connectivity index (χ0n) is 12.8. The number of rotatable bonds is 4. The molecule has 0 aliphatic heterocycles. The maximum atomic E-state index is 12.8. The largest absolute Gasteiger partial charge is 0.416 e. The van der Waals surface area contributed by atoms with E-state index in [1.807, 2.05) is 0 Å². The number of hydrogen-bond acceptors (Lipinski definition) is 3. The molecule has 0 aliphatic rings. The Morgan fingerprint density at radius 2 is 1.72 bits per heavy atom. The van der Waals surface area contributed by atoms with Gasteiger partial charge in [0.1, 0.15) is 0 Å². The Morgan fingerprint density at radius 3 is 2.40 bits per heavy atom. The van der Waals surface area contributed by atoms with Crippen LogP contribution in [0.4, 0.5) is 13.2 Å². The van der Waals surface area contributed by atoms with E-state index in [2.05, 4.69) is 0 Å². The molecule has 0 atom stereocenters. The maximum Gasteiger partial charge on any atom is 0.416 e. The van der Waals surface area contributed by atoms with Gasteiger partial charge in [-0.15, -0.1) is 0 Å². The van der Waals surface area contributed by atoms with Crippen molar-refractivity contribution in [1.82, 2.24) is 3.96 Å². The number of benzene rings is 2. The molecule has 0 bridgehead atoms. The molecule has 2 aromatic carbocycles. The molecule has 0 spiro atoms. The van der Waals surface area contributed by atoms with Crippen molar-refractivity contribution < 1.29 is 18.0 Å². The molecule has 25 heavy (non-hydrogen) atoms.